The fourth-order valence-corrected chi connectivity index (χ4v) is 1.71. The molecule has 0 aromatic heterocycles. The maximum atomic E-state index is 11.6. The molecule has 0 spiro atoms. The van der Waals surface area contributed by atoms with Crippen molar-refractivity contribution in [3.8, 4) is 0 Å². The summed E-state index contributed by atoms with van der Waals surface area (Å²) in [6.07, 6.45) is 6.77. The minimum atomic E-state index is -6.09. The number of hydrogen-bond acceptors (Lipinski definition) is 14. The van der Waals surface area contributed by atoms with E-state index in [1.54, 1.807) is 7.11 Å². The van der Waals surface area contributed by atoms with Crippen LogP contribution in [-0.4, -0.2) is 57.1 Å². The van der Waals surface area contributed by atoms with Gasteiger partial charge in [0.15, 0.2) is 20.2 Å². The Morgan fingerprint density at radius 2 is 1.16 bits per heavy atom. The van der Waals surface area contributed by atoms with E-state index in [2.05, 4.69) is 0 Å². The molecule has 1 aliphatic rings. The molecule has 0 fully saturated rings. The van der Waals surface area contributed by atoms with E-state index in [1.165, 1.54) is 7.11 Å². The van der Waals surface area contributed by atoms with E-state index >= 15 is 0 Å². The summed E-state index contributed by atoms with van der Waals surface area (Å²) >= 11 is 0. The molecule has 0 saturated heterocycles. The number of esters is 1. The first kappa shape index (κ1) is 55.9. The molecule has 1 rings (SSSR count). The van der Waals surface area contributed by atoms with Gasteiger partial charge in [-0.3, -0.25) is 4.79 Å². The average Bonchev–Trinajstić information content (AvgIpc) is 2.58. The fourth-order valence-electron chi connectivity index (χ4n) is 1.71. The number of alkyl halides is 6. The van der Waals surface area contributed by atoms with Crippen LogP contribution in [0.5, 0.6) is 0 Å². The van der Waals surface area contributed by atoms with E-state index in [1.807, 2.05) is 32.1 Å². The van der Waals surface area contributed by atoms with Crippen molar-refractivity contribution < 1.29 is 86.3 Å². The van der Waals surface area contributed by atoms with Crippen LogP contribution in [0.1, 0.15) is 20.3 Å². The summed E-state index contributed by atoms with van der Waals surface area (Å²) in [4.78, 5) is 11.6. The third kappa shape index (κ3) is 20.3. The van der Waals surface area contributed by atoms with Gasteiger partial charge in [0.25, 0.3) is 0 Å². The van der Waals surface area contributed by atoms with Crippen molar-refractivity contribution >= 4 is 26.2 Å². The summed E-state index contributed by atoms with van der Waals surface area (Å²) in [5, 5.41) is 0. The van der Waals surface area contributed by atoms with Crippen molar-refractivity contribution in [3.63, 3.8) is 0 Å². The van der Waals surface area contributed by atoms with Crippen LogP contribution in [0.3, 0.4) is 0 Å². The van der Waals surface area contributed by atoms with E-state index in [9.17, 15) is 31.1 Å². The minimum absolute atomic E-state index is 0. The van der Waals surface area contributed by atoms with Crippen LogP contribution in [0, 0.1) is 11.3 Å². The molecule has 230 valence electrons. The van der Waals surface area contributed by atoms with Crippen molar-refractivity contribution in [3.05, 3.63) is 24.0 Å². The van der Waals surface area contributed by atoms with Crippen LogP contribution in [0.4, 0.5) is 26.3 Å². The Kier molecular flexibility index (Phi) is 31.0. The zero-order chi connectivity index (χ0) is 25.5. The molecule has 37 heavy (non-hydrogen) atoms. The molecule has 1 aliphatic carbocycles. The number of hydrogen-bond donors (Lipinski definition) is 5. The number of methoxy groups -OCH3 is 2. The number of halogens is 6. The van der Waals surface area contributed by atoms with Crippen molar-refractivity contribution in [2.24, 2.45) is 11.3 Å². The van der Waals surface area contributed by atoms with Crippen LogP contribution in [-0.2, 0) is 54.3 Å². The van der Waals surface area contributed by atoms with E-state index in [4.69, 9.17) is 35.4 Å². The standard InChI is InChI=1S/C12H18O3.2CHF3O3S.5H3N.Os/c1-12(2,11(13)15-4)9-6-5-7-10(8-9)14-3;2*2-1(3,4)8(5,6)7;;;;;;/h5,7-9H,6H2,1-4H3;2*(H,5,6,7);5*1H3;/q;;;;;;;;+2/p-2. The summed E-state index contributed by atoms with van der Waals surface area (Å²) in [5.74, 6) is 0.752. The molecule has 0 bridgehead atoms. The van der Waals surface area contributed by atoms with Crippen molar-refractivity contribution in [2.45, 2.75) is 31.3 Å². The Bertz CT molecular complexity index is 854. The summed E-state index contributed by atoms with van der Waals surface area (Å²) in [6.45, 7) is 3.79. The number of rotatable bonds is 3. The second kappa shape index (κ2) is 20.5. The number of ether oxygens (including phenoxy) is 2. The van der Waals surface area contributed by atoms with Gasteiger partial charge in [-0.1, -0.05) is 6.08 Å². The zero-order valence-corrected chi connectivity index (χ0v) is 24.3. The van der Waals surface area contributed by atoms with E-state index in [0.717, 1.165) is 12.2 Å². The van der Waals surface area contributed by atoms with Gasteiger partial charge in [-0.25, -0.2) is 16.8 Å². The smallest absolute Gasteiger partial charge is 0.741 e. The van der Waals surface area contributed by atoms with Gasteiger partial charge in [0, 0.05) is 0 Å². The molecule has 0 heterocycles. The molecule has 0 aromatic carbocycles. The van der Waals surface area contributed by atoms with Gasteiger partial charge in [-0.15, -0.1) is 0 Å². The number of allylic oxidation sites excluding steroid dienone is 3. The quantitative estimate of drug-likeness (QED) is 0.119. The SMILES string of the molecule is COC(=O)C(C)(C)C1C=C(OC)C=CC1.N.N.N.N.N.O=S(=O)([O-])C(F)(F)F.O=S(=O)([O-])C(F)(F)F.[Os+2]. The topological polar surface area (TPSA) is 325 Å². The second-order valence-electron chi connectivity index (χ2n) is 6.03. The van der Waals surface area contributed by atoms with Crippen LogP contribution in [0.15, 0.2) is 24.0 Å². The molecule has 0 aliphatic heterocycles. The third-order valence-electron chi connectivity index (χ3n) is 3.48. The van der Waals surface area contributed by atoms with Gasteiger partial charge in [0.05, 0.1) is 19.6 Å². The molecule has 14 nitrogen and oxygen atoms in total. The van der Waals surface area contributed by atoms with Crippen molar-refractivity contribution in [1.29, 1.82) is 0 Å². The Morgan fingerprint density at radius 3 is 1.38 bits per heavy atom. The molecule has 0 radical (unpaired) electrons. The van der Waals surface area contributed by atoms with Gasteiger partial charge in [0.2, 0.25) is 0 Å². The molecular formula is C14H33F6N5O9OsS2. The first-order valence-corrected chi connectivity index (χ1v) is 10.4. The maximum Gasteiger partial charge on any atom is 2.00 e. The summed E-state index contributed by atoms with van der Waals surface area (Å²) in [5.41, 5.74) is -11.8. The largest absolute Gasteiger partial charge is 2.00 e. The van der Waals surface area contributed by atoms with Crippen LogP contribution < -0.4 is 30.8 Å². The Hall–Kier alpha value is -1.41. The molecule has 1 atom stereocenters. The van der Waals surface area contributed by atoms with Crippen LogP contribution in [0.2, 0.25) is 0 Å². The Balaban J connectivity index is -0.0000000563. The van der Waals surface area contributed by atoms with Gasteiger partial charge < -0.3 is 49.3 Å². The first-order valence-electron chi connectivity index (χ1n) is 7.57. The average molecular weight is 784 g/mol. The van der Waals surface area contributed by atoms with Crippen LogP contribution in [0.25, 0.3) is 0 Å². The number of carbonyl (C=O) groups is 1. The Labute approximate surface area is 224 Å². The van der Waals surface area contributed by atoms with E-state index in [0.29, 0.717) is 0 Å². The van der Waals surface area contributed by atoms with E-state index in [-0.39, 0.29) is 62.4 Å². The summed E-state index contributed by atoms with van der Waals surface area (Å²) in [6, 6.07) is 0. The maximum absolute atomic E-state index is 11.6. The summed E-state index contributed by atoms with van der Waals surface area (Å²) < 4.78 is 128. The third-order valence-corrected chi connectivity index (χ3v) is 4.61. The van der Waals surface area contributed by atoms with Gasteiger partial charge in [-0.05, 0) is 38.3 Å². The molecule has 0 aromatic rings. The predicted molar refractivity (Wildman–Crippen MR) is 115 cm³/mol. The first-order chi connectivity index (χ1) is 13.5. The predicted octanol–water partition coefficient (Wildman–Crippen LogP) is 3.20. The normalized spacial score (nSPS) is 14.5. The van der Waals surface area contributed by atoms with Crippen molar-refractivity contribution in [1.82, 2.24) is 30.8 Å². The molecule has 1 unspecified atom stereocenters. The molecule has 23 heteroatoms. The van der Waals surface area contributed by atoms with Gasteiger partial charge >= 0.3 is 36.8 Å². The molecule has 0 saturated carbocycles. The monoisotopic (exact) mass is 785 g/mol. The fraction of sp³-hybridized carbons (Fsp3) is 0.643. The number of carbonyl (C=O) groups excluding carboxylic acids is 1. The van der Waals surface area contributed by atoms with Crippen LogP contribution >= 0.6 is 0 Å². The second-order valence-corrected chi connectivity index (χ2v) is 8.77. The van der Waals surface area contributed by atoms with Gasteiger partial charge in [0.1, 0.15) is 5.76 Å². The molecule has 15 N–H and O–H groups in total. The van der Waals surface area contributed by atoms with Gasteiger partial charge in [-0.2, -0.15) is 26.3 Å². The van der Waals surface area contributed by atoms with Crippen molar-refractivity contribution in [2.75, 3.05) is 14.2 Å². The Morgan fingerprint density at radius 1 is 0.865 bits per heavy atom. The molecule has 0 amide bonds. The zero-order valence-electron chi connectivity index (χ0n) is 20.2. The minimum Gasteiger partial charge on any atom is -0.741 e. The summed E-state index contributed by atoms with van der Waals surface area (Å²) in [7, 11) is -9.13. The molecular weight excluding hydrogens is 751 g/mol. The van der Waals surface area contributed by atoms with E-state index < -0.39 is 36.7 Å².